The van der Waals surface area contributed by atoms with E-state index in [9.17, 15) is 14.4 Å². The molecular formula is C21H21N5O4S. The number of carbonyl (C=O) groups is 2. The molecule has 2 saturated heterocycles. The van der Waals surface area contributed by atoms with Crippen LogP contribution in [0.5, 0.6) is 0 Å². The van der Waals surface area contributed by atoms with Crippen LogP contribution in [0, 0.1) is 25.7 Å². The van der Waals surface area contributed by atoms with Crippen LogP contribution in [0.2, 0.25) is 0 Å². The SMILES string of the molecule is Cc1nnc2sc(C(=O)N3C[C@H]4CN(C(=O)c5cccc(=O)o5)C[C@H]4C3)c(N)c2c1C. The third-order valence-corrected chi connectivity index (χ3v) is 7.37. The lowest BCUT2D eigenvalue weighted by Gasteiger charge is -2.21. The summed E-state index contributed by atoms with van der Waals surface area (Å²) in [4.78, 5) is 41.9. The number of likely N-dealkylation sites (tertiary alicyclic amines) is 2. The van der Waals surface area contributed by atoms with Crippen molar-refractivity contribution >= 4 is 39.1 Å². The van der Waals surface area contributed by atoms with E-state index >= 15 is 0 Å². The molecule has 3 aromatic heterocycles. The first-order valence-corrected chi connectivity index (χ1v) is 10.9. The lowest BCUT2D eigenvalue weighted by atomic mass is 10.0. The van der Waals surface area contributed by atoms with Gasteiger partial charge in [-0.15, -0.1) is 16.4 Å². The zero-order chi connectivity index (χ0) is 21.9. The van der Waals surface area contributed by atoms with Crippen LogP contribution in [0.25, 0.3) is 10.2 Å². The second kappa shape index (κ2) is 7.16. The maximum atomic E-state index is 13.2. The molecule has 5 rings (SSSR count). The summed E-state index contributed by atoms with van der Waals surface area (Å²) in [5.41, 5.74) is 8.00. The topological polar surface area (TPSA) is 123 Å². The highest BCUT2D eigenvalue weighted by molar-refractivity contribution is 7.21. The van der Waals surface area contributed by atoms with E-state index in [0.29, 0.717) is 41.6 Å². The van der Waals surface area contributed by atoms with Gasteiger partial charge in [-0.05, 0) is 25.5 Å². The molecule has 10 heteroatoms. The van der Waals surface area contributed by atoms with Crippen molar-refractivity contribution in [3.05, 3.63) is 50.5 Å². The Hall–Kier alpha value is -3.27. The van der Waals surface area contributed by atoms with E-state index in [-0.39, 0.29) is 29.4 Å². The van der Waals surface area contributed by atoms with Gasteiger partial charge in [-0.3, -0.25) is 9.59 Å². The number of amides is 2. The molecule has 9 nitrogen and oxygen atoms in total. The smallest absolute Gasteiger partial charge is 0.336 e. The van der Waals surface area contributed by atoms with E-state index in [2.05, 4.69) is 10.2 Å². The fraction of sp³-hybridized carbons (Fsp3) is 0.381. The van der Waals surface area contributed by atoms with E-state index < -0.39 is 5.63 Å². The van der Waals surface area contributed by atoms with E-state index in [4.69, 9.17) is 10.2 Å². The van der Waals surface area contributed by atoms with Crippen LogP contribution in [0.3, 0.4) is 0 Å². The monoisotopic (exact) mass is 439 g/mol. The molecule has 2 aliphatic heterocycles. The number of nitrogen functional groups attached to an aromatic ring is 1. The Morgan fingerprint density at radius 3 is 2.35 bits per heavy atom. The highest BCUT2D eigenvalue weighted by atomic mass is 32.1. The molecule has 160 valence electrons. The Balaban J connectivity index is 1.32. The summed E-state index contributed by atoms with van der Waals surface area (Å²) in [6, 6.07) is 4.29. The van der Waals surface area contributed by atoms with E-state index in [1.165, 1.54) is 29.5 Å². The first-order chi connectivity index (χ1) is 14.8. The zero-order valence-corrected chi connectivity index (χ0v) is 17.9. The average Bonchev–Trinajstić information content (AvgIpc) is 3.41. The van der Waals surface area contributed by atoms with Gasteiger partial charge in [-0.1, -0.05) is 6.07 Å². The first-order valence-electron chi connectivity index (χ1n) is 10.0. The molecular weight excluding hydrogens is 418 g/mol. The van der Waals surface area contributed by atoms with Crippen LogP contribution >= 0.6 is 11.3 Å². The third kappa shape index (κ3) is 3.18. The van der Waals surface area contributed by atoms with Gasteiger partial charge in [0.05, 0.1) is 11.4 Å². The number of thiophene rings is 1. The van der Waals surface area contributed by atoms with Crippen molar-refractivity contribution in [1.82, 2.24) is 20.0 Å². The minimum atomic E-state index is -0.543. The van der Waals surface area contributed by atoms with Crippen molar-refractivity contribution in [2.24, 2.45) is 11.8 Å². The maximum Gasteiger partial charge on any atom is 0.336 e. The molecule has 0 unspecified atom stereocenters. The van der Waals surface area contributed by atoms with E-state index in [1.807, 2.05) is 18.7 Å². The van der Waals surface area contributed by atoms with Gasteiger partial charge < -0.3 is 20.0 Å². The van der Waals surface area contributed by atoms with E-state index in [0.717, 1.165) is 16.6 Å². The summed E-state index contributed by atoms with van der Waals surface area (Å²) in [5.74, 6) is 0.0256. The number of aromatic nitrogens is 2. The molecule has 2 fully saturated rings. The van der Waals surface area contributed by atoms with Gasteiger partial charge in [0.2, 0.25) is 0 Å². The number of hydrogen-bond donors (Lipinski definition) is 1. The number of rotatable bonds is 2. The van der Waals surface area contributed by atoms with Gasteiger partial charge in [0, 0.05) is 49.5 Å². The Labute approximate surface area is 181 Å². The normalized spacial score (nSPS) is 20.5. The summed E-state index contributed by atoms with van der Waals surface area (Å²) in [7, 11) is 0. The Bertz CT molecular complexity index is 1270. The quantitative estimate of drug-likeness (QED) is 0.644. The molecule has 2 N–H and O–H groups in total. The van der Waals surface area contributed by atoms with Crippen LogP contribution in [-0.4, -0.2) is 58.0 Å². The van der Waals surface area contributed by atoms with Crippen molar-refractivity contribution in [2.45, 2.75) is 13.8 Å². The molecule has 0 saturated carbocycles. The minimum Gasteiger partial charge on any atom is -0.417 e. The second-order valence-electron chi connectivity index (χ2n) is 8.19. The largest absolute Gasteiger partial charge is 0.417 e. The van der Waals surface area contributed by atoms with Gasteiger partial charge >= 0.3 is 5.63 Å². The fourth-order valence-electron chi connectivity index (χ4n) is 4.53. The van der Waals surface area contributed by atoms with Gasteiger partial charge in [0.25, 0.3) is 11.8 Å². The molecule has 0 aliphatic carbocycles. The third-order valence-electron chi connectivity index (χ3n) is 6.29. The van der Waals surface area contributed by atoms with Crippen molar-refractivity contribution in [3.8, 4) is 0 Å². The number of nitrogens with zero attached hydrogens (tertiary/aromatic N) is 4. The van der Waals surface area contributed by atoms with Crippen molar-refractivity contribution in [2.75, 3.05) is 31.9 Å². The number of hydrogen-bond acceptors (Lipinski definition) is 8. The number of carbonyl (C=O) groups excluding carboxylic acids is 2. The Morgan fingerprint density at radius 1 is 1.06 bits per heavy atom. The molecule has 2 amide bonds. The van der Waals surface area contributed by atoms with Crippen molar-refractivity contribution in [3.63, 3.8) is 0 Å². The van der Waals surface area contributed by atoms with Crippen LogP contribution in [0.15, 0.2) is 27.4 Å². The lowest BCUT2D eigenvalue weighted by Crippen LogP contribution is -2.35. The van der Waals surface area contributed by atoms with Crippen LogP contribution < -0.4 is 11.4 Å². The Morgan fingerprint density at radius 2 is 1.71 bits per heavy atom. The van der Waals surface area contributed by atoms with Crippen LogP contribution in [-0.2, 0) is 0 Å². The summed E-state index contributed by atoms with van der Waals surface area (Å²) < 4.78 is 5.02. The number of nitrogens with two attached hydrogens (primary N) is 1. The number of fused-ring (bicyclic) bond motifs is 2. The summed E-state index contributed by atoms with van der Waals surface area (Å²) >= 11 is 1.28. The maximum absolute atomic E-state index is 13.2. The lowest BCUT2D eigenvalue weighted by molar-refractivity contribution is 0.0717. The Kier molecular flexibility index (Phi) is 4.54. The molecule has 3 aromatic rings. The highest BCUT2D eigenvalue weighted by Crippen LogP contribution is 2.38. The fourth-order valence-corrected chi connectivity index (χ4v) is 5.60. The van der Waals surface area contributed by atoms with Gasteiger partial charge in [0.1, 0.15) is 9.71 Å². The average molecular weight is 439 g/mol. The van der Waals surface area contributed by atoms with Crippen LogP contribution in [0.4, 0.5) is 5.69 Å². The minimum absolute atomic E-state index is 0.0465. The predicted molar refractivity (Wildman–Crippen MR) is 115 cm³/mol. The summed E-state index contributed by atoms with van der Waals surface area (Å²) in [6.07, 6.45) is 0. The van der Waals surface area contributed by atoms with Crippen molar-refractivity contribution in [1.29, 1.82) is 0 Å². The van der Waals surface area contributed by atoms with Crippen LogP contribution in [0.1, 0.15) is 31.5 Å². The number of aryl methyl sites for hydroxylation is 2. The molecule has 31 heavy (non-hydrogen) atoms. The molecule has 0 aromatic carbocycles. The second-order valence-corrected chi connectivity index (χ2v) is 9.19. The molecule has 0 spiro atoms. The van der Waals surface area contributed by atoms with Gasteiger partial charge in [-0.2, -0.15) is 5.10 Å². The van der Waals surface area contributed by atoms with Gasteiger partial charge in [0.15, 0.2) is 5.76 Å². The summed E-state index contributed by atoms with van der Waals surface area (Å²) in [5, 5.41) is 9.14. The van der Waals surface area contributed by atoms with E-state index in [1.54, 1.807) is 4.90 Å². The molecule has 0 bridgehead atoms. The highest BCUT2D eigenvalue weighted by Gasteiger charge is 2.44. The standard InChI is InChI=1S/C21H21N5O4S/c1-10-11(2)23-24-19-16(10)17(22)18(31-19)21(29)26-8-12-6-25(7-13(12)9-26)20(28)14-4-3-5-15(27)30-14/h3-5,12-13H,6-9,22H2,1-2H3/t12-,13+. The molecule has 2 aliphatic rings. The molecule has 0 radical (unpaired) electrons. The first kappa shape index (κ1) is 19.7. The molecule has 2 atom stereocenters. The number of anilines is 1. The summed E-state index contributed by atoms with van der Waals surface area (Å²) in [6.45, 7) is 5.97. The zero-order valence-electron chi connectivity index (χ0n) is 17.1. The van der Waals surface area contributed by atoms with Gasteiger partial charge in [-0.25, -0.2) is 4.79 Å². The predicted octanol–water partition coefficient (Wildman–Crippen LogP) is 1.69. The molecule has 5 heterocycles. The van der Waals surface area contributed by atoms with Crippen molar-refractivity contribution < 1.29 is 14.0 Å².